The predicted octanol–water partition coefficient (Wildman–Crippen LogP) is 6.53. The van der Waals surface area contributed by atoms with Gasteiger partial charge in [0.25, 0.3) is 0 Å². The zero-order chi connectivity index (χ0) is 22.2. The molecule has 1 atom stereocenters. The van der Waals surface area contributed by atoms with E-state index in [0.717, 1.165) is 33.3 Å². The highest BCUT2D eigenvalue weighted by molar-refractivity contribution is 6.31. The Hall–Kier alpha value is -2.98. The number of hydrogen-bond acceptors (Lipinski definition) is 3. The molecule has 0 saturated heterocycles. The summed E-state index contributed by atoms with van der Waals surface area (Å²) in [4.78, 5) is 4.64. The molecule has 1 aromatic heterocycles. The molecule has 0 aliphatic rings. The summed E-state index contributed by atoms with van der Waals surface area (Å²) in [6.07, 6.45) is 3.16. The molecule has 0 spiro atoms. The van der Waals surface area contributed by atoms with Gasteiger partial charge in [0.1, 0.15) is 6.10 Å². The summed E-state index contributed by atoms with van der Waals surface area (Å²) >= 11 is 6.06. The van der Waals surface area contributed by atoms with Gasteiger partial charge in [-0.05, 0) is 60.9 Å². The molecule has 1 unspecified atom stereocenters. The molecular weight excluding hydrogens is 406 g/mol. The molecule has 4 rings (SSSR count). The van der Waals surface area contributed by atoms with Crippen LogP contribution in [0.1, 0.15) is 42.3 Å². The fraction of sp³-hybridized carbons (Fsp3) is 0.148. The zero-order valence-corrected chi connectivity index (χ0v) is 18.4. The Morgan fingerprint density at radius 1 is 0.774 bits per heavy atom. The van der Waals surface area contributed by atoms with Crippen LogP contribution in [0.15, 0.2) is 84.9 Å². The number of halogens is 1. The second-order valence-electron chi connectivity index (χ2n) is 7.48. The average Bonchev–Trinajstić information content (AvgIpc) is 2.77. The third-order valence-electron chi connectivity index (χ3n) is 4.46. The first-order chi connectivity index (χ1) is 14.9. The van der Waals surface area contributed by atoms with Crippen LogP contribution in [0, 0.1) is 0 Å². The lowest BCUT2D eigenvalue weighted by molar-refractivity contribution is 0.216. The van der Waals surface area contributed by atoms with Gasteiger partial charge in [0.05, 0.1) is 11.2 Å². The highest BCUT2D eigenvalue weighted by Gasteiger charge is 2.09. The van der Waals surface area contributed by atoms with Crippen molar-refractivity contribution in [2.24, 2.45) is 0 Å². The van der Waals surface area contributed by atoms with Crippen molar-refractivity contribution in [3.05, 3.63) is 112 Å². The number of pyridine rings is 1. The van der Waals surface area contributed by atoms with Gasteiger partial charge in [-0.3, -0.25) is 0 Å². The molecule has 0 aliphatic heterocycles. The van der Waals surface area contributed by atoms with Gasteiger partial charge in [0.15, 0.2) is 0 Å². The average molecular weight is 432 g/mol. The molecule has 158 valence electrons. The van der Waals surface area contributed by atoms with E-state index in [4.69, 9.17) is 16.7 Å². The van der Waals surface area contributed by atoms with Crippen molar-refractivity contribution in [1.82, 2.24) is 4.98 Å². The molecule has 0 aliphatic carbocycles. The molecule has 1 heterocycles. The molecule has 3 nitrogen and oxygen atoms in total. The number of fused-ring (bicyclic) bond motifs is 1. The maximum absolute atomic E-state index is 10.6. The van der Waals surface area contributed by atoms with Crippen LogP contribution in [0.4, 0.5) is 0 Å². The molecule has 0 fully saturated rings. The number of aromatic nitrogens is 1. The summed E-state index contributed by atoms with van der Waals surface area (Å²) in [5.41, 5.74) is 4.49. The van der Waals surface area contributed by atoms with Gasteiger partial charge >= 0.3 is 0 Å². The van der Waals surface area contributed by atoms with Crippen LogP contribution in [0.3, 0.4) is 0 Å². The SMILES string of the molecule is CC(C)O.OC(c1ccccc1)c1cccc(C=Cc2ccc3ccc(Cl)cc3n2)c1. The Kier molecular flexibility index (Phi) is 7.96. The van der Waals surface area contributed by atoms with Crippen LogP contribution in [0.2, 0.25) is 5.02 Å². The van der Waals surface area contributed by atoms with Gasteiger partial charge in [0.2, 0.25) is 0 Å². The summed E-state index contributed by atoms with van der Waals surface area (Å²) in [5.74, 6) is 0. The second-order valence-corrected chi connectivity index (χ2v) is 7.92. The van der Waals surface area contributed by atoms with Crippen LogP contribution >= 0.6 is 11.6 Å². The minimum absolute atomic E-state index is 0.167. The third kappa shape index (κ3) is 6.76. The van der Waals surface area contributed by atoms with Crippen molar-refractivity contribution in [3.63, 3.8) is 0 Å². The number of nitrogens with zero attached hydrogens (tertiary/aromatic N) is 1. The molecule has 0 saturated carbocycles. The van der Waals surface area contributed by atoms with E-state index in [9.17, 15) is 5.11 Å². The van der Waals surface area contributed by atoms with E-state index >= 15 is 0 Å². The van der Waals surface area contributed by atoms with Crippen molar-refractivity contribution in [1.29, 1.82) is 0 Å². The smallest absolute Gasteiger partial charge is 0.104 e. The van der Waals surface area contributed by atoms with Gasteiger partial charge in [-0.15, -0.1) is 0 Å². The van der Waals surface area contributed by atoms with Crippen LogP contribution in [-0.2, 0) is 0 Å². The fourth-order valence-corrected chi connectivity index (χ4v) is 3.21. The van der Waals surface area contributed by atoms with Crippen molar-refractivity contribution in [2.75, 3.05) is 0 Å². The summed E-state index contributed by atoms with van der Waals surface area (Å²) in [6.45, 7) is 3.44. The topological polar surface area (TPSA) is 53.4 Å². The third-order valence-corrected chi connectivity index (χ3v) is 4.70. The van der Waals surface area contributed by atoms with E-state index in [-0.39, 0.29) is 6.10 Å². The normalized spacial score (nSPS) is 12.1. The lowest BCUT2D eigenvalue weighted by atomic mass is 9.99. The summed E-state index contributed by atoms with van der Waals surface area (Å²) in [7, 11) is 0. The molecular formula is C27H26ClNO2. The number of aliphatic hydroxyl groups is 2. The quantitative estimate of drug-likeness (QED) is 0.386. The molecule has 2 N–H and O–H groups in total. The van der Waals surface area contributed by atoms with Crippen LogP contribution in [0.25, 0.3) is 23.1 Å². The Morgan fingerprint density at radius 3 is 2.19 bits per heavy atom. The predicted molar refractivity (Wildman–Crippen MR) is 130 cm³/mol. The molecule has 0 amide bonds. The molecule has 3 aromatic carbocycles. The Morgan fingerprint density at radius 2 is 1.45 bits per heavy atom. The first-order valence-electron chi connectivity index (χ1n) is 10.2. The van der Waals surface area contributed by atoms with E-state index in [1.165, 1.54) is 0 Å². The lowest BCUT2D eigenvalue weighted by Crippen LogP contribution is -1.99. The van der Waals surface area contributed by atoms with Gasteiger partial charge < -0.3 is 10.2 Å². The fourth-order valence-electron chi connectivity index (χ4n) is 3.04. The van der Waals surface area contributed by atoms with Crippen LogP contribution < -0.4 is 0 Å². The van der Waals surface area contributed by atoms with Crippen molar-refractivity contribution in [2.45, 2.75) is 26.1 Å². The first-order valence-corrected chi connectivity index (χ1v) is 10.6. The number of benzene rings is 3. The number of hydrogen-bond donors (Lipinski definition) is 2. The van der Waals surface area contributed by atoms with E-state index in [1.54, 1.807) is 13.8 Å². The van der Waals surface area contributed by atoms with Crippen LogP contribution in [-0.4, -0.2) is 21.3 Å². The van der Waals surface area contributed by atoms with Gasteiger partial charge in [0, 0.05) is 16.5 Å². The Labute approximate surface area is 188 Å². The first kappa shape index (κ1) is 22.7. The van der Waals surface area contributed by atoms with E-state index < -0.39 is 6.10 Å². The van der Waals surface area contributed by atoms with Gasteiger partial charge in [-0.2, -0.15) is 0 Å². The van der Waals surface area contributed by atoms with Crippen molar-refractivity contribution in [3.8, 4) is 0 Å². The van der Waals surface area contributed by atoms with E-state index in [0.29, 0.717) is 5.02 Å². The van der Waals surface area contributed by atoms with E-state index in [1.807, 2.05) is 97.1 Å². The summed E-state index contributed by atoms with van der Waals surface area (Å²) in [6, 6.07) is 27.3. The van der Waals surface area contributed by atoms with Crippen LogP contribution in [0.5, 0.6) is 0 Å². The standard InChI is InChI=1S/C24H18ClNO.C3H8O/c25-21-12-10-18-11-14-22(26-23(18)16-21)13-9-17-5-4-8-20(15-17)24(27)19-6-2-1-3-7-19;1-3(2)4/h1-16,24,27H;3-4H,1-2H3. The minimum atomic E-state index is -0.638. The maximum atomic E-state index is 10.6. The molecule has 0 radical (unpaired) electrons. The molecule has 4 heteroatoms. The monoisotopic (exact) mass is 431 g/mol. The highest BCUT2D eigenvalue weighted by Crippen LogP contribution is 2.23. The molecule has 31 heavy (non-hydrogen) atoms. The lowest BCUT2D eigenvalue weighted by Gasteiger charge is -2.12. The van der Waals surface area contributed by atoms with E-state index in [2.05, 4.69) is 4.98 Å². The maximum Gasteiger partial charge on any atom is 0.104 e. The number of aliphatic hydroxyl groups excluding tert-OH is 2. The Bertz CT molecular complexity index is 1150. The summed E-state index contributed by atoms with van der Waals surface area (Å²) < 4.78 is 0. The highest BCUT2D eigenvalue weighted by atomic mass is 35.5. The zero-order valence-electron chi connectivity index (χ0n) is 17.6. The largest absolute Gasteiger partial charge is 0.394 e. The van der Waals surface area contributed by atoms with Crippen molar-refractivity contribution < 1.29 is 10.2 Å². The Balaban J connectivity index is 0.000000628. The number of rotatable bonds is 4. The second kappa shape index (κ2) is 10.9. The minimum Gasteiger partial charge on any atom is -0.394 e. The van der Waals surface area contributed by atoms with Crippen molar-refractivity contribution >= 4 is 34.7 Å². The van der Waals surface area contributed by atoms with Gasteiger partial charge in [-0.25, -0.2) is 4.98 Å². The van der Waals surface area contributed by atoms with Gasteiger partial charge in [-0.1, -0.05) is 78.3 Å². The molecule has 0 bridgehead atoms. The summed E-state index contributed by atoms with van der Waals surface area (Å²) in [5, 5.41) is 20.4. The molecule has 4 aromatic rings.